The van der Waals surface area contributed by atoms with E-state index in [1.54, 1.807) is 12.1 Å². The Morgan fingerprint density at radius 3 is 2.13 bits per heavy atom. The van der Waals surface area contributed by atoms with Crippen LogP contribution in [0.3, 0.4) is 0 Å². The molecule has 0 aliphatic rings. The number of ether oxygens (including phenoxy) is 2. The molecule has 0 fully saturated rings. The minimum atomic E-state index is -1.31. The van der Waals surface area contributed by atoms with Crippen molar-refractivity contribution in [3.63, 3.8) is 0 Å². The Labute approximate surface area is 182 Å². The first-order chi connectivity index (χ1) is 14.0. The Morgan fingerprint density at radius 2 is 1.57 bits per heavy atom. The van der Waals surface area contributed by atoms with E-state index < -0.39 is 18.9 Å². The topological polar surface area (TPSA) is 69.7 Å². The van der Waals surface area contributed by atoms with Crippen LogP contribution in [0.2, 0.25) is 25.7 Å². The quantitative estimate of drug-likeness (QED) is 0.317. The number of benzene rings is 2. The predicted molar refractivity (Wildman–Crippen MR) is 122 cm³/mol. The van der Waals surface area contributed by atoms with Crippen molar-refractivity contribution in [2.75, 3.05) is 5.75 Å². The van der Waals surface area contributed by atoms with E-state index in [0.29, 0.717) is 17.9 Å². The van der Waals surface area contributed by atoms with E-state index in [1.807, 2.05) is 30.3 Å². The summed E-state index contributed by atoms with van der Waals surface area (Å²) in [4.78, 5) is 23.0. The molecule has 2 aromatic carbocycles. The first-order valence-corrected chi connectivity index (χ1v) is 15.0. The summed E-state index contributed by atoms with van der Waals surface area (Å²) in [5.74, 6) is 0.437. The third-order valence-corrected chi connectivity index (χ3v) is 7.99. The van der Waals surface area contributed by atoms with Crippen molar-refractivity contribution in [2.24, 2.45) is 0 Å². The van der Waals surface area contributed by atoms with Crippen LogP contribution in [0.5, 0.6) is 5.75 Å². The molecule has 1 unspecified atom stereocenters. The third-order valence-electron chi connectivity index (χ3n) is 4.44. The van der Waals surface area contributed by atoms with E-state index in [2.05, 4.69) is 19.6 Å². The molecule has 0 spiro atoms. The van der Waals surface area contributed by atoms with Gasteiger partial charge in [0.25, 0.3) is 0 Å². The molecule has 162 valence electrons. The highest BCUT2D eigenvalue weighted by Crippen LogP contribution is 2.23. The van der Waals surface area contributed by atoms with Gasteiger partial charge < -0.3 is 9.47 Å². The fourth-order valence-corrected chi connectivity index (χ4v) is 6.93. The van der Waals surface area contributed by atoms with Crippen molar-refractivity contribution in [1.29, 1.82) is 0 Å². The van der Waals surface area contributed by atoms with Gasteiger partial charge in [0.2, 0.25) is 0 Å². The van der Waals surface area contributed by atoms with Crippen molar-refractivity contribution < 1.29 is 23.3 Å². The van der Waals surface area contributed by atoms with Gasteiger partial charge >= 0.3 is 11.9 Å². The van der Waals surface area contributed by atoms with Crippen molar-refractivity contribution >= 4 is 30.8 Å². The fraction of sp³-hybridized carbons (Fsp3) is 0.391. The zero-order valence-electron chi connectivity index (χ0n) is 18.3. The van der Waals surface area contributed by atoms with Crippen molar-refractivity contribution in [3.05, 3.63) is 59.2 Å². The van der Waals surface area contributed by atoms with Crippen LogP contribution < -0.4 is 4.74 Å². The van der Waals surface area contributed by atoms with E-state index in [4.69, 9.17) is 9.47 Å². The van der Waals surface area contributed by atoms with Crippen molar-refractivity contribution in [3.8, 4) is 5.75 Å². The second-order valence-corrected chi connectivity index (χ2v) is 15.7. The van der Waals surface area contributed by atoms with Gasteiger partial charge in [-0.1, -0.05) is 43.9 Å². The molecule has 2 aromatic rings. The van der Waals surface area contributed by atoms with Crippen LogP contribution in [0.1, 0.15) is 30.5 Å². The maximum atomic E-state index is 13.1. The van der Waals surface area contributed by atoms with E-state index in [0.717, 1.165) is 27.6 Å². The summed E-state index contributed by atoms with van der Waals surface area (Å²) >= 11 is 0. The van der Waals surface area contributed by atoms with Crippen LogP contribution >= 0.6 is 0 Å². The molecule has 0 saturated heterocycles. The van der Waals surface area contributed by atoms with E-state index in [1.165, 1.54) is 13.8 Å². The van der Waals surface area contributed by atoms with E-state index in [-0.39, 0.29) is 18.5 Å². The van der Waals surface area contributed by atoms with E-state index >= 15 is 0 Å². The smallest absolute Gasteiger partial charge is 0.308 e. The van der Waals surface area contributed by atoms with Crippen LogP contribution in [0.4, 0.5) is 0 Å². The lowest BCUT2D eigenvalue weighted by Crippen LogP contribution is -2.22. The van der Waals surface area contributed by atoms with Crippen LogP contribution in [0, 0.1) is 0 Å². The van der Waals surface area contributed by atoms with Crippen LogP contribution in [0.15, 0.2) is 47.4 Å². The SMILES string of the molecule is CC(=O)OCc1ccc(Cc2ccc(OC(C)=O)cc2)c(S(=O)CC[Si](C)(C)C)c1. The van der Waals surface area contributed by atoms with Gasteiger partial charge in [0.05, 0.1) is 10.8 Å². The number of rotatable bonds is 9. The summed E-state index contributed by atoms with van der Waals surface area (Å²) in [6.07, 6.45) is 0.613. The molecule has 0 heterocycles. The van der Waals surface area contributed by atoms with Crippen LogP contribution in [0.25, 0.3) is 0 Å². The lowest BCUT2D eigenvalue weighted by Gasteiger charge is -2.17. The maximum Gasteiger partial charge on any atom is 0.308 e. The maximum absolute atomic E-state index is 13.1. The zero-order chi connectivity index (χ0) is 22.3. The molecule has 1 atom stereocenters. The minimum Gasteiger partial charge on any atom is -0.461 e. The predicted octanol–water partition coefficient (Wildman–Crippen LogP) is 4.71. The zero-order valence-corrected chi connectivity index (χ0v) is 20.1. The Hall–Kier alpha value is -2.25. The lowest BCUT2D eigenvalue weighted by atomic mass is 10.0. The minimum absolute atomic E-state index is 0.172. The third kappa shape index (κ3) is 8.24. The van der Waals surface area contributed by atoms with Gasteiger partial charge in [-0.3, -0.25) is 13.8 Å². The van der Waals surface area contributed by atoms with Gasteiger partial charge in [-0.25, -0.2) is 0 Å². The molecule has 0 aromatic heterocycles. The fourth-order valence-electron chi connectivity index (χ4n) is 2.80. The van der Waals surface area contributed by atoms with Gasteiger partial charge in [-0.05, 0) is 47.4 Å². The summed E-state index contributed by atoms with van der Waals surface area (Å²) < 4.78 is 23.3. The molecule has 7 heteroatoms. The van der Waals surface area contributed by atoms with Crippen LogP contribution in [-0.4, -0.2) is 30.0 Å². The molecule has 0 bridgehead atoms. The molecule has 0 radical (unpaired) electrons. The molecule has 2 rings (SSSR count). The average Bonchev–Trinajstić information content (AvgIpc) is 2.65. The highest BCUT2D eigenvalue weighted by Gasteiger charge is 2.18. The van der Waals surface area contributed by atoms with Gasteiger partial charge in [-0.2, -0.15) is 0 Å². The molecule has 30 heavy (non-hydrogen) atoms. The van der Waals surface area contributed by atoms with Crippen molar-refractivity contribution in [1.82, 2.24) is 0 Å². The molecule has 0 aliphatic carbocycles. The standard InChI is InChI=1S/C23H30O5SSi/c1-17(24)27-16-20-6-9-21(23(15-20)29(26)12-13-30(3,4)5)14-19-7-10-22(11-8-19)28-18(2)25/h6-11,15H,12-14,16H2,1-5H3. The monoisotopic (exact) mass is 446 g/mol. The number of carbonyl (C=O) groups is 2. The number of carbonyl (C=O) groups excluding carboxylic acids is 2. The molecular formula is C23H30O5SSi. The summed E-state index contributed by atoms with van der Waals surface area (Å²) in [6, 6.07) is 14.1. The first-order valence-electron chi connectivity index (χ1n) is 9.94. The van der Waals surface area contributed by atoms with Gasteiger partial charge in [-0.15, -0.1) is 0 Å². The molecule has 0 aliphatic heterocycles. The van der Waals surface area contributed by atoms with Crippen LogP contribution in [-0.2, 0) is 38.2 Å². The Kier molecular flexibility index (Phi) is 8.55. The molecular weight excluding hydrogens is 416 g/mol. The Bertz CT molecular complexity index is 916. The van der Waals surface area contributed by atoms with Gasteiger partial charge in [0.15, 0.2) is 0 Å². The average molecular weight is 447 g/mol. The largest absolute Gasteiger partial charge is 0.461 e. The Balaban J connectivity index is 2.26. The number of esters is 2. The highest BCUT2D eigenvalue weighted by atomic mass is 32.2. The van der Waals surface area contributed by atoms with Gasteiger partial charge in [0, 0.05) is 32.6 Å². The molecule has 5 nitrogen and oxygen atoms in total. The summed E-state index contributed by atoms with van der Waals surface area (Å²) in [6.45, 7) is 9.73. The normalized spacial score (nSPS) is 12.3. The Morgan fingerprint density at radius 1 is 0.933 bits per heavy atom. The molecule has 0 saturated carbocycles. The second-order valence-electron chi connectivity index (χ2n) is 8.50. The number of hydrogen-bond acceptors (Lipinski definition) is 5. The summed E-state index contributed by atoms with van der Waals surface area (Å²) in [5, 5.41) is 0. The van der Waals surface area contributed by atoms with E-state index in [9.17, 15) is 13.8 Å². The second kappa shape index (κ2) is 10.7. The molecule has 0 N–H and O–H groups in total. The highest BCUT2D eigenvalue weighted by molar-refractivity contribution is 7.85. The van der Waals surface area contributed by atoms with Gasteiger partial charge in [0.1, 0.15) is 12.4 Å². The molecule has 0 amide bonds. The summed E-state index contributed by atoms with van der Waals surface area (Å²) in [7, 11) is -2.44. The number of hydrogen-bond donors (Lipinski definition) is 0. The first kappa shape index (κ1) is 24.0. The lowest BCUT2D eigenvalue weighted by molar-refractivity contribution is -0.142. The van der Waals surface area contributed by atoms with Crippen molar-refractivity contribution in [2.45, 2.75) is 57.5 Å². The summed E-state index contributed by atoms with van der Waals surface area (Å²) in [5.41, 5.74) is 2.84.